The molecular weight excluding hydrogens is 212 g/mol. The maximum Gasteiger partial charge on any atom is 0.264 e. The first-order valence-corrected chi connectivity index (χ1v) is 5.23. The first-order valence-electron chi connectivity index (χ1n) is 5.23. The van der Waals surface area contributed by atoms with Gasteiger partial charge in [-0.25, -0.2) is 0 Å². The van der Waals surface area contributed by atoms with Gasteiger partial charge in [-0.1, -0.05) is 30.3 Å². The lowest BCUT2D eigenvalue weighted by Crippen LogP contribution is -1.94. The lowest BCUT2D eigenvalue weighted by Gasteiger charge is -2.02. The van der Waals surface area contributed by atoms with E-state index in [4.69, 9.17) is 5.26 Å². The van der Waals surface area contributed by atoms with Crippen molar-refractivity contribution in [3.05, 3.63) is 59.0 Å². The largest absolute Gasteiger partial charge is 0.264 e. The second-order valence-corrected chi connectivity index (χ2v) is 3.71. The van der Waals surface area contributed by atoms with Gasteiger partial charge in [0.15, 0.2) is 7.05 Å². The van der Waals surface area contributed by atoms with Crippen LogP contribution >= 0.6 is 0 Å². The predicted octanol–water partition coefficient (Wildman–Crippen LogP) is 3.27. The molecule has 0 spiro atoms. The van der Waals surface area contributed by atoms with Crippen LogP contribution in [0.1, 0.15) is 5.56 Å². The van der Waals surface area contributed by atoms with Crippen molar-refractivity contribution in [2.75, 3.05) is 7.05 Å². The van der Waals surface area contributed by atoms with Gasteiger partial charge < -0.3 is 0 Å². The van der Waals surface area contributed by atoms with E-state index in [9.17, 15) is 4.91 Å². The Labute approximate surface area is 99.5 Å². The number of benzene rings is 2. The first kappa shape index (κ1) is 11.0. The second-order valence-electron chi connectivity index (χ2n) is 3.71. The Morgan fingerprint density at radius 3 is 2.41 bits per heavy atom. The fraction of sp³-hybridized carbons (Fsp3) is 0.0714. The van der Waals surface area contributed by atoms with Gasteiger partial charge in [0.25, 0.3) is 5.69 Å². The van der Waals surface area contributed by atoms with Crippen LogP contribution in [-0.4, -0.2) is 11.8 Å². The van der Waals surface area contributed by atoms with Crippen molar-refractivity contribution in [2.45, 2.75) is 0 Å². The summed E-state index contributed by atoms with van der Waals surface area (Å²) in [5, 5.41) is 8.83. The number of rotatable bonds is 2. The average molecular weight is 223 g/mol. The fourth-order valence-corrected chi connectivity index (χ4v) is 1.72. The van der Waals surface area contributed by atoms with Crippen LogP contribution in [0.3, 0.4) is 0 Å². The quantitative estimate of drug-likeness (QED) is 0.733. The van der Waals surface area contributed by atoms with Crippen LogP contribution in [0.5, 0.6) is 0 Å². The molecule has 0 unspecified atom stereocenters. The third kappa shape index (κ3) is 2.21. The molecular formula is C14H11N2O+. The van der Waals surface area contributed by atoms with E-state index in [1.54, 1.807) is 18.2 Å². The SMILES string of the molecule is C[N+](=O)c1cc(C#N)ccc1-c1ccccc1. The molecule has 0 bridgehead atoms. The highest BCUT2D eigenvalue weighted by atomic mass is 16.3. The van der Waals surface area contributed by atoms with Gasteiger partial charge in [0.05, 0.1) is 17.2 Å². The molecule has 2 rings (SSSR count). The van der Waals surface area contributed by atoms with Crippen molar-refractivity contribution in [1.29, 1.82) is 5.26 Å². The van der Waals surface area contributed by atoms with Gasteiger partial charge in [0.1, 0.15) is 0 Å². The third-order valence-corrected chi connectivity index (χ3v) is 2.55. The molecule has 0 N–H and O–H groups in total. The van der Waals surface area contributed by atoms with Crippen LogP contribution in [0.2, 0.25) is 0 Å². The topological polar surface area (TPSA) is 43.9 Å². The second kappa shape index (κ2) is 4.58. The van der Waals surface area contributed by atoms with Gasteiger partial charge >= 0.3 is 0 Å². The minimum Gasteiger partial charge on any atom is -0.192 e. The van der Waals surface area contributed by atoms with E-state index >= 15 is 0 Å². The van der Waals surface area contributed by atoms with Crippen LogP contribution in [0.4, 0.5) is 5.69 Å². The Hall–Kier alpha value is -2.47. The first-order chi connectivity index (χ1) is 8.22. The minimum atomic E-state index is 0.488. The van der Waals surface area contributed by atoms with Crippen molar-refractivity contribution in [2.24, 2.45) is 0 Å². The molecule has 3 nitrogen and oxygen atoms in total. The molecule has 82 valence electrons. The monoisotopic (exact) mass is 223 g/mol. The molecule has 0 aliphatic carbocycles. The van der Waals surface area contributed by atoms with Crippen molar-refractivity contribution in [3.8, 4) is 17.2 Å². The smallest absolute Gasteiger partial charge is 0.192 e. The Balaban J connectivity index is 2.63. The van der Waals surface area contributed by atoms with Crippen molar-refractivity contribution in [3.63, 3.8) is 0 Å². The summed E-state index contributed by atoms with van der Waals surface area (Å²) in [5.74, 6) is 0. The number of nitrogens with zero attached hydrogens (tertiary/aromatic N) is 2. The maximum absolute atomic E-state index is 11.5. The van der Waals surface area contributed by atoms with Crippen LogP contribution < -0.4 is 0 Å². The summed E-state index contributed by atoms with van der Waals surface area (Å²) in [6.07, 6.45) is 0. The van der Waals surface area contributed by atoms with Crippen LogP contribution in [0, 0.1) is 16.2 Å². The van der Waals surface area contributed by atoms with Crippen molar-refractivity contribution in [1.82, 2.24) is 0 Å². The third-order valence-electron chi connectivity index (χ3n) is 2.55. The zero-order chi connectivity index (χ0) is 12.3. The molecule has 2 aromatic rings. The van der Waals surface area contributed by atoms with Gasteiger partial charge in [-0.2, -0.15) is 5.26 Å². The van der Waals surface area contributed by atoms with Crippen LogP contribution in [0.15, 0.2) is 48.5 Å². The highest BCUT2D eigenvalue weighted by Gasteiger charge is 2.16. The van der Waals surface area contributed by atoms with Crippen molar-refractivity contribution >= 4 is 5.69 Å². The predicted molar refractivity (Wildman–Crippen MR) is 65.8 cm³/mol. The Morgan fingerprint density at radius 1 is 1.12 bits per heavy atom. The van der Waals surface area contributed by atoms with Gasteiger partial charge in [0, 0.05) is 15.7 Å². The van der Waals surface area contributed by atoms with Crippen LogP contribution in [0.25, 0.3) is 11.1 Å². The minimum absolute atomic E-state index is 0.488. The van der Waals surface area contributed by atoms with Gasteiger partial charge in [-0.15, -0.1) is 0 Å². The van der Waals surface area contributed by atoms with E-state index in [2.05, 4.69) is 0 Å². The zero-order valence-electron chi connectivity index (χ0n) is 9.42. The molecule has 0 amide bonds. The molecule has 3 heteroatoms. The van der Waals surface area contributed by atoms with E-state index in [0.717, 1.165) is 15.9 Å². The zero-order valence-corrected chi connectivity index (χ0v) is 9.42. The summed E-state index contributed by atoms with van der Waals surface area (Å²) < 4.78 is 0.781. The Bertz CT molecular complexity index is 597. The molecule has 0 atom stereocenters. The lowest BCUT2D eigenvalue weighted by molar-refractivity contribution is -0.427. The van der Waals surface area contributed by atoms with Gasteiger partial charge in [-0.05, 0) is 17.7 Å². The van der Waals surface area contributed by atoms with Crippen LogP contribution in [-0.2, 0) is 0 Å². The molecule has 0 saturated carbocycles. The number of hydrogen-bond donors (Lipinski definition) is 0. The molecule has 0 saturated heterocycles. The maximum atomic E-state index is 11.5. The number of nitriles is 1. The summed E-state index contributed by atoms with van der Waals surface area (Å²) in [7, 11) is 1.43. The fourth-order valence-electron chi connectivity index (χ4n) is 1.72. The van der Waals surface area contributed by atoms with Gasteiger partial charge in [0.2, 0.25) is 0 Å². The van der Waals surface area contributed by atoms with E-state index < -0.39 is 0 Å². The summed E-state index contributed by atoms with van der Waals surface area (Å²) >= 11 is 0. The molecule has 2 aromatic carbocycles. The number of nitroso groups, excluding NO2 is 1. The van der Waals surface area contributed by atoms with E-state index in [1.165, 1.54) is 7.05 Å². The summed E-state index contributed by atoms with van der Waals surface area (Å²) in [5.41, 5.74) is 2.80. The average Bonchev–Trinajstić information content (AvgIpc) is 2.39. The van der Waals surface area contributed by atoms with Crippen molar-refractivity contribution < 1.29 is 4.76 Å². The van der Waals surface area contributed by atoms with Gasteiger partial charge in [-0.3, -0.25) is 0 Å². The number of hydrogen-bond acceptors (Lipinski definition) is 2. The summed E-state index contributed by atoms with van der Waals surface area (Å²) in [4.78, 5) is 11.5. The molecule has 0 heterocycles. The highest BCUT2D eigenvalue weighted by Crippen LogP contribution is 2.29. The molecule has 17 heavy (non-hydrogen) atoms. The molecule has 0 radical (unpaired) electrons. The standard InChI is InChI=1S/C14H11N2O/c1-16(17)14-9-11(10-15)7-8-13(14)12-5-3-2-4-6-12/h2-9H,1H3/q+1. The summed E-state index contributed by atoms with van der Waals surface area (Å²) in [6, 6.07) is 16.8. The molecule has 0 aromatic heterocycles. The highest BCUT2D eigenvalue weighted by molar-refractivity contribution is 5.74. The van der Waals surface area contributed by atoms with E-state index in [-0.39, 0.29) is 0 Å². The van der Waals surface area contributed by atoms with E-state index in [1.807, 2.05) is 36.4 Å². The molecule has 0 aliphatic heterocycles. The van der Waals surface area contributed by atoms with E-state index in [0.29, 0.717) is 11.3 Å². The molecule has 0 aliphatic rings. The normalized spacial score (nSPS) is 9.65. The molecule has 0 fully saturated rings. The summed E-state index contributed by atoms with van der Waals surface area (Å²) in [6.45, 7) is 0. The Morgan fingerprint density at radius 2 is 1.82 bits per heavy atom. The Kier molecular flexibility index (Phi) is 2.97. The lowest BCUT2D eigenvalue weighted by atomic mass is 10.0.